The molecule has 0 saturated carbocycles. The second kappa shape index (κ2) is 5.38. The second-order valence-corrected chi connectivity index (χ2v) is 6.26. The zero-order chi connectivity index (χ0) is 14.0. The van der Waals surface area contributed by atoms with Crippen molar-refractivity contribution in [1.82, 2.24) is 14.9 Å². The van der Waals surface area contributed by atoms with Gasteiger partial charge in [0, 0.05) is 16.8 Å². The Morgan fingerprint density at radius 1 is 1.39 bits per heavy atom. The maximum atomic E-state index is 12.3. The molecule has 0 saturated heterocycles. The van der Waals surface area contributed by atoms with Gasteiger partial charge in [-0.2, -0.15) is 5.10 Å². The summed E-state index contributed by atoms with van der Waals surface area (Å²) in [5, 5.41) is 15.5. The van der Waals surface area contributed by atoms with Gasteiger partial charge in [0.15, 0.2) is 5.03 Å². The van der Waals surface area contributed by atoms with Crippen molar-refractivity contribution in [2.45, 2.75) is 57.7 Å². The fourth-order valence-corrected chi connectivity index (χ4v) is 3.35. The van der Waals surface area contributed by atoms with Gasteiger partial charge >= 0.3 is 0 Å². The van der Waals surface area contributed by atoms with Crippen LogP contribution in [0.2, 0.25) is 0 Å². The lowest BCUT2D eigenvalue weighted by atomic mass is 9.98. The number of rotatable bonds is 6. The highest BCUT2D eigenvalue weighted by molar-refractivity contribution is 7.89. The molecule has 0 unspecified atom stereocenters. The summed E-state index contributed by atoms with van der Waals surface area (Å²) in [5.74, 6) is 0. The summed E-state index contributed by atoms with van der Waals surface area (Å²) in [4.78, 5) is 0. The van der Waals surface area contributed by atoms with Crippen LogP contribution in [-0.4, -0.2) is 29.3 Å². The molecule has 0 aliphatic carbocycles. The average Bonchev–Trinajstić information content (AvgIpc) is 2.70. The lowest BCUT2D eigenvalue weighted by Gasteiger charge is -2.27. The van der Waals surface area contributed by atoms with Crippen LogP contribution in [0.1, 0.15) is 44.9 Å². The quantitative estimate of drug-likeness (QED) is 0.723. The standard InChI is InChI=1S/C11H21N3O3S/c1-5-11(4,6-2)14-18(16,17)10-9(7-15)8(3)12-13-10/h14-15H,5-7H2,1-4H3,(H,12,13). The van der Waals surface area contributed by atoms with Gasteiger partial charge in [0.2, 0.25) is 0 Å². The number of hydrogen-bond acceptors (Lipinski definition) is 4. The summed E-state index contributed by atoms with van der Waals surface area (Å²) in [6.07, 6.45) is 1.36. The Kier molecular flexibility index (Phi) is 4.52. The summed E-state index contributed by atoms with van der Waals surface area (Å²) < 4.78 is 27.2. The Hall–Kier alpha value is -0.920. The van der Waals surface area contributed by atoms with Crippen LogP contribution in [0.25, 0.3) is 0 Å². The molecule has 7 heteroatoms. The van der Waals surface area contributed by atoms with E-state index in [0.717, 1.165) is 0 Å². The van der Waals surface area contributed by atoms with Crippen LogP contribution in [-0.2, 0) is 16.6 Å². The Balaban J connectivity index is 3.14. The van der Waals surface area contributed by atoms with E-state index in [2.05, 4.69) is 14.9 Å². The molecule has 0 spiro atoms. The summed E-state index contributed by atoms with van der Waals surface area (Å²) in [7, 11) is -3.72. The van der Waals surface area contributed by atoms with E-state index in [1.165, 1.54) is 0 Å². The highest BCUT2D eigenvalue weighted by atomic mass is 32.2. The van der Waals surface area contributed by atoms with Crippen LogP contribution in [0.15, 0.2) is 5.03 Å². The largest absolute Gasteiger partial charge is 0.392 e. The number of aromatic nitrogens is 2. The van der Waals surface area contributed by atoms with E-state index in [1.807, 2.05) is 20.8 Å². The summed E-state index contributed by atoms with van der Waals surface area (Å²) in [6.45, 7) is 7.02. The molecule has 0 radical (unpaired) electrons. The molecule has 0 bridgehead atoms. The molecule has 6 nitrogen and oxygen atoms in total. The number of aliphatic hydroxyl groups is 1. The van der Waals surface area contributed by atoms with E-state index in [0.29, 0.717) is 24.1 Å². The molecule has 104 valence electrons. The van der Waals surface area contributed by atoms with Crippen molar-refractivity contribution in [2.24, 2.45) is 0 Å². The topological polar surface area (TPSA) is 95.1 Å². The first-order valence-electron chi connectivity index (χ1n) is 5.98. The molecule has 0 amide bonds. The number of aromatic amines is 1. The van der Waals surface area contributed by atoms with Gasteiger partial charge in [-0.15, -0.1) is 0 Å². The maximum absolute atomic E-state index is 12.3. The van der Waals surface area contributed by atoms with Gasteiger partial charge in [-0.3, -0.25) is 5.10 Å². The molecular formula is C11H21N3O3S. The minimum Gasteiger partial charge on any atom is -0.392 e. The Morgan fingerprint density at radius 3 is 2.39 bits per heavy atom. The van der Waals surface area contributed by atoms with Crippen LogP contribution in [0.5, 0.6) is 0 Å². The Morgan fingerprint density at radius 2 is 1.94 bits per heavy atom. The number of nitrogens with one attached hydrogen (secondary N) is 2. The summed E-state index contributed by atoms with van der Waals surface area (Å²) >= 11 is 0. The van der Waals surface area contributed by atoms with Crippen molar-refractivity contribution in [1.29, 1.82) is 0 Å². The summed E-state index contributed by atoms with van der Waals surface area (Å²) in [6, 6.07) is 0. The molecule has 1 heterocycles. The highest BCUT2D eigenvalue weighted by Crippen LogP contribution is 2.21. The third-order valence-electron chi connectivity index (χ3n) is 3.39. The number of nitrogens with zero attached hydrogens (tertiary/aromatic N) is 1. The van der Waals surface area contributed by atoms with E-state index in [-0.39, 0.29) is 11.6 Å². The third-order valence-corrected chi connectivity index (χ3v) is 5.00. The van der Waals surface area contributed by atoms with Gasteiger partial charge in [0.1, 0.15) is 0 Å². The minimum absolute atomic E-state index is 0.115. The van der Waals surface area contributed by atoms with E-state index < -0.39 is 15.6 Å². The van der Waals surface area contributed by atoms with E-state index in [9.17, 15) is 13.5 Å². The number of aliphatic hydroxyl groups excluding tert-OH is 1. The average molecular weight is 275 g/mol. The van der Waals surface area contributed by atoms with Gasteiger partial charge in [0.05, 0.1) is 6.61 Å². The van der Waals surface area contributed by atoms with Crippen molar-refractivity contribution in [3.05, 3.63) is 11.3 Å². The molecule has 0 atom stereocenters. The molecule has 18 heavy (non-hydrogen) atoms. The van der Waals surface area contributed by atoms with E-state index in [1.54, 1.807) is 6.92 Å². The van der Waals surface area contributed by atoms with Crippen molar-refractivity contribution >= 4 is 10.0 Å². The van der Waals surface area contributed by atoms with Crippen LogP contribution >= 0.6 is 0 Å². The van der Waals surface area contributed by atoms with Crippen molar-refractivity contribution in [2.75, 3.05) is 0 Å². The predicted octanol–water partition coefficient (Wildman–Crippen LogP) is 1.07. The van der Waals surface area contributed by atoms with Crippen LogP contribution in [0, 0.1) is 6.92 Å². The number of aryl methyl sites for hydroxylation is 1. The fourth-order valence-electron chi connectivity index (χ4n) is 1.61. The Bertz CT molecular complexity index is 504. The fraction of sp³-hybridized carbons (Fsp3) is 0.727. The zero-order valence-electron chi connectivity index (χ0n) is 11.2. The van der Waals surface area contributed by atoms with Crippen molar-refractivity contribution < 1.29 is 13.5 Å². The third kappa shape index (κ3) is 2.90. The van der Waals surface area contributed by atoms with E-state index >= 15 is 0 Å². The highest BCUT2D eigenvalue weighted by Gasteiger charge is 2.31. The Labute approximate surface area is 108 Å². The van der Waals surface area contributed by atoms with Crippen LogP contribution in [0.4, 0.5) is 0 Å². The first-order valence-corrected chi connectivity index (χ1v) is 7.46. The summed E-state index contributed by atoms with van der Waals surface area (Å²) in [5.41, 5.74) is 0.378. The molecule has 0 fully saturated rings. The molecule has 1 rings (SSSR count). The molecule has 0 aromatic carbocycles. The molecular weight excluding hydrogens is 254 g/mol. The smallest absolute Gasteiger partial charge is 0.260 e. The molecule has 0 aliphatic rings. The van der Waals surface area contributed by atoms with Crippen LogP contribution in [0.3, 0.4) is 0 Å². The van der Waals surface area contributed by atoms with Gasteiger partial charge in [-0.25, -0.2) is 13.1 Å². The molecule has 1 aromatic heterocycles. The first-order chi connectivity index (χ1) is 8.29. The van der Waals surface area contributed by atoms with Crippen molar-refractivity contribution in [3.8, 4) is 0 Å². The second-order valence-electron chi connectivity index (χ2n) is 4.66. The lowest BCUT2D eigenvalue weighted by Crippen LogP contribution is -2.45. The molecule has 3 N–H and O–H groups in total. The lowest BCUT2D eigenvalue weighted by molar-refractivity contribution is 0.277. The zero-order valence-corrected chi connectivity index (χ0v) is 12.1. The molecule has 1 aromatic rings. The minimum atomic E-state index is -3.72. The maximum Gasteiger partial charge on any atom is 0.260 e. The van der Waals surface area contributed by atoms with Gasteiger partial charge in [-0.1, -0.05) is 13.8 Å². The molecule has 0 aliphatic heterocycles. The van der Waals surface area contributed by atoms with Crippen molar-refractivity contribution in [3.63, 3.8) is 0 Å². The first kappa shape index (κ1) is 15.1. The number of H-pyrrole nitrogens is 1. The van der Waals surface area contributed by atoms with Crippen LogP contribution < -0.4 is 4.72 Å². The number of sulfonamides is 1. The monoisotopic (exact) mass is 275 g/mol. The van der Waals surface area contributed by atoms with Gasteiger partial charge in [0.25, 0.3) is 10.0 Å². The number of hydrogen-bond donors (Lipinski definition) is 3. The van der Waals surface area contributed by atoms with E-state index in [4.69, 9.17) is 0 Å². The SMILES string of the molecule is CCC(C)(CC)NS(=O)(=O)c1n[nH]c(C)c1CO. The van der Waals surface area contributed by atoms with Gasteiger partial charge in [-0.05, 0) is 26.7 Å². The predicted molar refractivity (Wildman–Crippen MR) is 68.6 cm³/mol. The van der Waals surface area contributed by atoms with Gasteiger partial charge < -0.3 is 5.11 Å². The normalized spacial score (nSPS) is 12.9.